The number of fused-ring (bicyclic) bond motifs is 1. The molecule has 7 N–H and O–H groups in total. The fourth-order valence-corrected chi connectivity index (χ4v) is 4.95. The van der Waals surface area contributed by atoms with Gasteiger partial charge >= 0.3 is 0 Å². The minimum absolute atomic E-state index is 0.193. The Morgan fingerprint density at radius 3 is 2.67 bits per heavy atom. The number of hydrogen-bond acceptors (Lipinski definition) is 5. The molecule has 2 heterocycles. The lowest BCUT2D eigenvalue weighted by Gasteiger charge is -2.28. The summed E-state index contributed by atoms with van der Waals surface area (Å²) in [5.74, 6) is -0.245. The third-order valence-corrected chi connectivity index (χ3v) is 7.06. The molecule has 5 rings (SSSR count). The first-order valence-corrected chi connectivity index (χ1v) is 12.4. The van der Waals surface area contributed by atoms with E-state index in [1.165, 1.54) is 18.2 Å². The van der Waals surface area contributed by atoms with Crippen molar-refractivity contribution in [2.45, 2.75) is 44.7 Å². The minimum atomic E-state index is -0.438. The Labute approximate surface area is 214 Å². The molecule has 0 bridgehead atoms. The van der Waals surface area contributed by atoms with Gasteiger partial charge in [-0.1, -0.05) is 17.7 Å². The zero-order valence-electron chi connectivity index (χ0n) is 20.0. The standard InChI is InChI=1S/C27H29ClFN7/c1-15-10-19(31)5-8-21(15)16-11-25-26(34-20-6-3-18(30)4-7-20)22(13-33-36(25)14-16)27(32)35-24-12-17(29)2-9-23(24)28/h2,5,8-14,18,20,34H,3-4,6-7,30-31H2,1H3,(H2,32,35). The first-order chi connectivity index (χ1) is 17.3. The lowest BCUT2D eigenvalue weighted by atomic mass is 9.91. The third kappa shape index (κ3) is 4.87. The number of nitrogen functional groups attached to an aromatic ring is 1. The molecular weight excluding hydrogens is 477 g/mol. The molecule has 0 unspecified atom stereocenters. The molecule has 9 heteroatoms. The highest BCUT2D eigenvalue weighted by molar-refractivity contribution is 6.33. The van der Waals surface area contributed by atoms with Crippen LogP contribution < -0.4 is 22.5 Å². The van der Waals surface area contributed by atoms with Crippen molar-refractivity contribution < 1.29 is 4.39 Å². The summed E-state index contributed by atoms with van der Waals surface area (Å²) in [5, 5.41) is 8.61. The van der Waals surface area contributed by atoms with Crippen molar-refractivity contribution in [3.05, 3.63) is 76.8 Å². The van der Waals surface area contributed by atoms with Crippen LogP contribution in [0.3, 0.4) is 0 Å². The summed E-state index contributed by atoms with van der Waals surface area (Å²) in [7, 11) is 0. The molecule has 186 valence electrons. The van der Waals surface area contributed by atoms with E-state index in [4.69, 9.17) is 28.8 Å². The summed E-state index contributed by atoms with van der Waals surface area (Å²) in [4.78, 5) is 4.45. The van der Waals surface area contributed by atoms with Gasteiger partial charge < -0.3 is 22.5 Å². The topological polar surface area (TPSA) is 120 Å². The number of halogens is 2. The lowest BCUT2D eigenvalue weighted by molar-refractivity contribution is 0.411. The average Bonchev–Trinajstić information content (AvgIpc) is 3.27. The van der Waals surface area contributed by atoms with E-state index >= 15 is 0 Å². The van der Waals surface area contributed by atoms with Gasteiger partial charge in [0.15, 0.2) is 0 Å². The molecule has 36 heavy (non-hydrogen) atoms. The van der Waals surface area contributed by atoms with Crippen molar-refractivity contribution in [2.24, 2.45) is 16.5 Å². The fourth-order valence-electron chi connectivity index (χ4n) is 4.79. The van der Waals surface area contributed by atoms with E-state index in [1.807, 2.05) is 35.8 Å². The molecule has 0 radical (unpaired) electrons. The summed E-state index contributed by atoms with van der Waals surface area (Å²) in [5.41, 5.74) is 25.0. The number of nitrogens with one attached hydrogen (secondary N) is 1. The molecule has 2 aromatic carbocycles. The maximum absolute atomic E-state index is 13.8. The van der Waals surface area contributed by atoms with Crippen molar-refractivity contribution >= 4 is 40.0 Å². The Morgan fingerprint density at radius 1 is 1.14 bits per heavy atom. The van der Waals surface area contributed by atoms with E-state index in [0.717, 1.165) is 59.3 Å². The number of amidine groups is 1. The summed E-state index contributed by atoms with van der Waals surface area (Å²) < 4.78 is 15.7. The zero-order chi connectivity index (χ0) is 25.4. The molecule has 1 saturated carbocycles. The average molecular weight is 506 g/mol. The van der Waals surface area contributed by atoms with E-state index in [-0.39, 0.29) is 23.6 Å². The number of hydrogen-bond donors (Lipinski definition) is 4. The van der Waals surface area contributed by atoms with Gasteiger partial charge in [-0.05, 0) is 74.1 Å². The molecule has 0 spiro atoms. The SMILES string of the molecule is Cc1cc(N)ccc1-c1cc2c(NC3CCC(N)CC3)c(C(N)=Nc3cc(F)ccc3Cl)cnn2c1. The first-order valence-electron chi connectivity index (χ1n) is 12.0. The highest BCUT2D eigenvalue weighted by atomic mass is 35.5. The summed E-state index contributed by atoms with van der Waals surface area (Å²) >= 11 is 6.24. The number of nitrogens with two attached hydrogens (primary N) is 3. The van der Waals surface area contributed by atoms with Gasteiger partial charge in [-0.25, -0.2) is 13.9 Å². The molecule has 4 aromatic rings. The van der Waals surface area contributed by atoms with Crippen LogP contribution in [0.2, 0.25) is 5.02 Å². The van der Waals surface area contributed by atoms with E-state index in [2.05, 4.69) is 21.5 Å². The monoisotopic (exact) mass is 505 g/mol. The van der Waals surface area contributed by atoms with Crippen LogP contribution in [0.1, 0.15) is 36.8 Å². The Balaban J connectivity index is 1.62. The van der Waals surface area contributed by atoms with Gasteiger partial charge in [0.25, 0.3) is 0 Å². The van der Waals surface area contributed by atoms with Gasteiger partial charge in [-0.2, -0.15) is 5.10 Å². The predicted octanol–water partition coefficient (Wildman–Crippen LogP) is 5.40. The number of benzene rings is 2. The predicted molar refractivity (Wildman–Crippen MR) is 145 cm³/mol. The van der Waals surface area contributed by atoms with Crippen LogP contribution in [0, 0.1) is 12.7 Å². The number of rotatable bonds is 5. The van der Waals surface area contributed by atoms with E-state index < -0.39 is 5.82 Å². The van der Waals surface area contributed by atoms with Crippen LogP contribution >= 0.6 is 11.6 Å². The van der Waals surface area contributed by atoms with Gasteiger partial charge in [0.05, 0.1) is 33.7 Å². The van der Waals surface area contributed by atoms with Crippen molar-refractivity contribution in [1.29, 1.82) is 0 Å². The molecule has 1 aliphatic rings. The summed E-state index contributed by atoms with van der Waals surface area (Å²) in [6.07, 6.45) is 7.46. The molecule has 1 fully saturated rings. The highest BCUT2D eigenvalue weighted by Crippen LogP contribution is 2.33. The summed E-state index contributed by atoms with van der Waals surface area (Å²) in [6, 6.07) is 12.4. The second-order valence-electron chi connectivity index (χ2n) is 9.42. The number of aromatic nitrogens is 2. The van der Waals surface area contributed by atoms with Gasteiger partial charge in [0.2, 0.25) is 0 Å². The van der Waals surface area contributed by atoms with Gasteiger partial charge in [-0.3, -0.25) is 0 Å². The molecule has 0 aliphatic heterocycles. The quantitative estimate of drug-likeness (QED) is 0.164. The number of aryl methyl sites for hydroxylation is 1. The van der Waals surface area contributed by atoms with Crippen LogP contribution in [0.15, 0.2) is 59.9 Å². The fraction of sp³-hybridized carbons (Fsp3) is 0.259. The van der Waals surface area contributed by atoms with E-state index in [1.54, 1.807) is 6.20 Å². The maximum atomic E-state index is 13.8. The second kappa shape index (κ2) is 9.79. The molecule has 7 nitrogen and oxygen atoms in total. The van der Waals surface area contributed by atoms with Crippen molar-refractivity contribution in [3.63, 3.8) is 0 Å². The van der Waals surface area contributed by atoms with Crippen LogP contribution in [0.4, 0.5) is 21.5 Å². The van der Waals surface area contributed by atoms with E-state index in [9.17, 15) is 4.39 Å². The van der Waals surface area contributed by atoms with Gasteiger partial charge in [0, 0.05) is 35.6 Å². The zero-order valence-corrected chi connectivity index (χ0v) is 20.8. The minimum Gasteiger partial charge on any atom is -0.399 e. The number of nitrogens with zero attached hydrogens (tertiary/aromatic N) is 3. The normalized spacial score (nSPS) is 18.5. The molecule has 0 atom stereocenters. The Hall–Kier alpha value is -3.62. The molecule has 1 aliphatic carbocycles. The van der Waals surface area contributed by atoms with E-state index in [0.29, 0.717) is 10.6 Å². The number of anilines is 2. The molecule has 0 saturated heterocycles. The summed E-state index contributed by atoms with van der Waals surface area (Å²) in [6.45, 7) is 2.03. The number of aliphatic imine (C=N–C) groups is 1. The third-order valence-electron chi connectivity index (χ3n) is 6.74. The van der Waals surface area contributed by atoms with Crippen LogP contribution in [-0.2, 0) is 0 Å². The maximum Gasteiger partial charge on any atom is 0.135 e. The Morgan fingerprint density at radius 2 is 1.92 bits per heavy atom. The Kier molecular flexibility index (Phi) is 6.55. The van der Waals surface area contributed by atoms with Crippen molar-refractivity contribution in [1.82, 2.24) is 9.61 Å². The Bertz CT molecular complexity index is 1450. The van der Waals surface area contributed by atoms with Gasteiger partial charge in [-0.15, -0.1) is 0 Å². The second-order valence-corrected chi connectivity index (χ2v) is 9.82. The van der Waals surface area contributed by atoms with Crippen LogP contribution in [0.25, 0.3) is 16.6 Å². The lowest BCUT2D eigenvalue weighted by Crippen LogP contribution is -2.33. The molecular formula is C27H29ClFN7. The molecule has 0 amide bonds. The smallest absolute Gasteiger partial charge is 0.135 e. The van der Waals surface area contributed by atoms with Crippen molar-refractivity contribution in [3.8, 4) is 11.1 Å². The highest BCUT2D eigenvalue weighted by Gasteiger charge is 2.22. The molecule has 2 aromatic heterocycles. The first kappa shape index (κ1) is 24.1. The van der Waals surface area contributed by atoms with Crippen LogP contribution in [-0.4, -0.2) is 27.5 Å². The van der Waals surface area contributed by atoms with Crippen LogP contribution in [0.5, 0.6) is 0 Å². The largest absolute Gasteiger partial charge is 0.399 e. The van der Waals surface area contributed by atoms with Gasteiger partial charge in [0.1, 0.15) is 11.7 Å². The van der Waals surface area contributed by atoms with Crippen molar-refractivity contribution in [2.75, 3.05) is 11.1 Å².